The van der Waals surface area contributed by atoms with Crippen molar-refractivity contribution < 1.29 is 4.74 Å². The van der Waals surface area contributed by atoms with Crippen LogP contribution in [0.25, 0.3) is 0 Å². The molecule has 0 saturated heterocycles. The molecule has 2 N–H and O–H groups in total. The largest absolute Gasteiger partial charge is 0.377 e. The normalized spacial score (nSPS) is 19.9. The number of ether oxygens (including phenoxy) is 1. The Morgan fingerprint density at radius 2 is 1.93 bits per heavy atom. The zero-order chi connectivity index (χ0) is 10.9. The lowest BCUT2D eigenvalue weighted by molar-refractivity contribution is 0.119. The molecule has 0 aliphatic heterocycles. The summed E-state index contributed by atoms with van der Waals surface area (Å²) in [4.78, 5) is 0. The molecule has 0 bridgehead atoms. The lowest BCUT2D eigenvalue weighted by Gasteiger charge is -2.15. The second-order valence-electron chi connectivity index (χ2n) is 4.48. The smallest absolute Gasteiger partial charge is 0.0793 e. The number of hydrogen-bond acceptors (Lipinski definition) is 2. The molecule has 0 amide bonds. The van der Waals surface area contributed by atoms with Crippen LogP contribution < -0.4 is 5.73 Å². The van der Waals surface area contributed by atoms with E-state index in [9.17, 15) is 0 Å². The standard InChI is InChI=1S/C13H19NO/c1-10(15-2)11-3-5-12(6-4-11)13(9-14)7-8-13/h3-6,10H,7-9,14H2,1-2H3. The van der Waals surface area contributed by atoms with Gasteiger partial charge < -0.3 is 10.5 Å². The highest BCUT2D eigenvalue weighted by Gasteiger charge is 2.42. The first-order valence-corrected chi connectivity index (χ1v) is 5.55. The van der Waals surface area contributed by atoms with Crippen LogP contribution in [-0.2, 0) is 10.2 Å². The molecule has 2 rings (SSSR count). The van der Waals surface area contributed by atoms with Gasteiger partial charge in [-0.2, -0.15) is 0 Å². The summed E-state index contributed by atoms with van der Waals surface area (Å²) in [7, 11) is 1.74. The van der Waals surface area contributed by atoms with Crippen LogP contribution in [0.15, 0.2) is 24.3 Å². The topological polar surface area (TPSA) is 35.2 Å². The maximum absolute atomic E-state index is 5.80. The highest BCUT2D eigenvalue weighted by molar-refractivity contribution is 5.34. The Balaban J connectivity index is 2.17. The third-order valence-corrected chi connectivity index (χ3v) is 3.59. The van der Waals surface area contributed by atoms with E-state index in [0.29, 0.717) is 5.41 Å². The van der Waals surface area contributed by atoms with E-state index >= 15 is 0 Å². The van der Waals surface area contributed by atoms with Gasteiger partial charge in [0.2, 0.25) is 0 Å². The van der Waals surface area contributed by atoms with Crippen molar-refractivity contribution in [2.45, 2.75) is 31.3 Å². The molecule has 0 spiro atoms. The third kappa shape index (κ3) is 1.92. The van der Waals surface area contributed by atoms with Crippen LogP contribution in [0.1, 0.15) is 37.0 Å². The zero-order valence-electron chi connectivity index (χ0n) is 9.49. The molecule has 1 atom stereocenters. The fraction of sp³-hybridized carbons (Fsp3) is 0.538. The minimum absolute atomic E-state index is 0.173. The number of nitrogens with two attached hydrogens (primary N) is 1. The van der Waals surface area contributed by atoms with Crippen LogP contribution in [0.4, 0.5) is 0 Å². The van der Waals surface area contributed by atoms with Gasteiger partial charge in [-0.25, -0.2) is 0 Å². The van der Waals surface area contributed by atoms with Crippen molar-refractivity contribution in [3.05, 3.63) is 35.4 Å². The average molecular weight is 205 g/mol. The van der Waals surface area contributed by atoms with Crippen LogP contribution >= 0.6 is 0 Å². The number of rotatable bonds is 4. The van der Waals surface area contributed by atoms with Crippen molar-refractivity contribution in [2.24, 2.45) is 5.73 Å². The summed E-state index contributed by atoms with van der Waals surface area (Å²) in [5, 5.41) is 0. The minimum atomic E-state index is 0.173. The monoisotopic (exact) mass is 205 g/mol. The Morgan fingerprint density at radius 1 is 1.33 bits per heavy atom. The van der Waals surface area contributed by atoms with Gasteiger partial charge in [0.05, 0.1) is 6.10 Å². The Kier molecular flexibility index (Phi) is 2.81. The first kappa shape index (κ1) is 10.7. The van der Waals surface area contributed by atoms with E-state index in [1.807, 2.05) is 0 Å². The highest BCUT2D eigenvalue weighted by atomic mass is 16.5. The van der Waals surface area contributed by atoms with Crippen molar-refractivity contribution in [3.8, 4) is 0 Å². The summed E-state index contributed by atoms with van der Waals surface area (Å²) in [6.07, 6.45) is 2.65. The Bertz CT molecular complexity index is 327. The number of hydrogen-bond donors (Lipinski definition) is 1. The predicted octanol–water partition coefficient (Wildman–Crippen LogP) is 2.38. The SMILES string of the molecule is COC(C)c1ccc(C2(CN)CC2)cc1. The summed E-state index contributed by atoms with van der Waals surface area (Å²) in [6.45, 7) is 2.83. The predicted molar refractivity (Wildman–Crippen MR) is 61.8 cm³/mol. The van der Waals surface area contributed by atoms with Gasteiger partial charge in [0.1, 0.15) is 0 Å². The maximum Gasteiger partial charge on any atom is 0.0793 e. The van der Waals surface area contributed by atoms with E-state index in [2.05, 4.69) is 31.2 Å². The van der Waals surface area contributed by atoms with Gasteiger partial charge in [-0.15, -0.1) is 0 Å². The van der Waals surface area contributed by atoms with Crippen LogP contribution in [0.2, 0.25) is 0 Å². The van der Waals surface area contributed by atoms with Gasteiger partial charge in [0.25, 0.3) is 0 Å². The van der Waals surface area contributed by atoms with Crippen LogP contribution in [-0.4, -0.2) is 13.7 Å². The van der Waals surface area contributed by atoms with E-state index < -0.39 is 0 Å². The first-order chi connectivity index (χ1) is 7.22. The molecule has 1 aliphatic carbocycles. The van der Waals surface area contributed by atoms with Crippen molar-refractivity contribution in [1.29, 1.82) is 0 Å². The molecule has 1 aromatic rings. The summed E-state index contributed by atoms with van der Waals surface area (Å²) in [6, 6.07) is 8.70. The summed E-state index contributed by atoms with van der Waals surface area (Å²) in [5.41, 5.74) is 8.72. The van der Waals surface area contributed by atoms with Crippen molar-refractivity contribution in [3.63, 3.8) is 0 Å². The van der Waals surface area contributed by atoms with Gasteiger partial charge >= 0.3 is 0 Å². The fourth-order valence-corrected chi connectivity index (χ4v) is 2.01. The van der Waals surface area contributed by atoms with Gasteiger partial charge in [0.15, 0.2) is 0 Å². The van der Waals surface area contributed by atoms with Gasteiger partial charge in [0, 0.05) is 19.1 Å². The molecule has 1 saturated carbocycles. The van der Waals surface area contributed by atoms with Gasteiger partial charge in [-0.3, -0.25) is 0 Å². The summed E-state index contributed by atoms with van der Waals surface area (Å²) in [5.74, 6) is 0. The van der Waals surface area contributed by atoms with E-state index in [1.165, 1.54) is 24.0 Å². The molecule has 0 aromatic heterocycles. The van der Waals surface area contributed by atoms with Crippen molar-refractivity contribution >= 4 is 0 Å². The Hall–Kier alpha value is -0.860. The second kappa shape index (κ2) is 3.95. The molecule has 1 unspecified atom stereocenters. The molecule has 1 fully saturated rings. The molecule has 0 radical (unpaired) electrons. The van der Waals surface area contributed by atoms with E-state index in [-0.39, 0.29) is 6.10 Å². The molecule has 82 valence electrons. The van der Waals surface area contributed by atoms with E-state index in [4.69, 9.17) is 10.5 Å². The first-order valence-electron chi connectivity index (χ1n) is 5.55. The quantitative estimate of drug-likeness (QED) is 0.819. The Morgan fingerprint density at radius 3 is 2.33 bits per heavy atom. The van der Waals surface area contributed by atoms with Gasteiger partial charge in [-0.1, -0.05) is 24.3 Å². The summed E-state index contributed by atoms with van der Waals surface area (Å²) < 4.78 is 5.28. The molecule has 2 nitrogen and oxygen atoms in total. The minimum Gasteiger partial charge on any atom is -0.377 e. The molecular formula is C13H19NO. The Labute approximate surface area is 91.4 Å². The number of methoxy groups -OCH3 is 1. The molecular weight excluding hydrogens is 186 g/mol. The molecule has 1 aromatic carbocycles. The van der Waals surface area contributed by atoms with Crippen molar-refractivity contribution in [2.75, 3.05) is 13.7 Å². The highest BCUT2D eigenvalue weighted by Crippen LogP contribution is 2.47. The third-order valence-electron chi connectivity index (χ3n) is 3.59. The lowest BCUT2D eigenvalue weighted by Crippen LogP contribution is -2.19. The zero-order valence-corrected chi connectivity index (χ0v) is 9.49. The maximum atomic E-state index is 5.80. The molecule has 2 heteroatoms. The summed E-state index contributed by atoms with van der Waals surface area (Å²) >= 11 is 0. The average Bonchev–Trinajstić information content (AvgIpc) is 3.09. The number of benzene rings is 1. The molecule has 0 heterocycles. The van der Waals surface area contributed by atoms with Crippen molar-refractivity contribution in [1.82, 2.24) is 0 Å². The second-order valence-corrected chi connectivity index (χ2v) is 4.48. The molecule has 1 aliphatic rings. The van der Waals surface area contributed by atoms with Gasteiger partial charge in [-0.05, 0) is 30.9 Å². The molecule has 15 heavy (non-hydrogen) atoms. The lowest BCUT2D eigenvalue weighted by atomic mass is 9.94. The van der Waals surface area contributed by atoms with Crippen LogP contribution in [0.5, 0.6) is 0 Å². The van der Waals surface area contributed by atoms with Crippen LogP contribution in [0.3, 0.4) is 0 Å². The van der Waals surface area contributed by atoms with E-state index in [0.717, 1.165) is 6.54 Å². The van der Waals surface area contributed by atoms with E-state index in [1.54, 1.807) is 7.11 Å². The fourth-order valence-electron chi connectivity index (χ4n) is 2.01. The van der Waals surface area contributed by atoms with Crippen LogP contribution in [0, 0.1) is 0 Å².